The van der Waals surface area contributed by atoms with Gasteiger partial charge in [0.2, 0.25) is 5.91 Å². The first-order chi connectivity index (χ1) is 16.2. The monoisotopic (exact) mass is 451 g/mol. The van der Waals surface area contributed by atoms with Crippen molar-refractivity contribution in [3.63, 3.8) is 0 Å². The topological polar surface area (TPSA) is 38.1 Å². The highest BCUT2D eigenvalue weighted by Crippen LogP contribution is 2.36. The largest absolute Gasteiger partial charge is 0.323 e. The fourth-order valence-corrected chi connectivity index (χ4v) is 5.19. The molecule has 0 radical (unpaired) electrons. The van der Waals surface area contributed by atoms with Gasteiger partial charge in [0.15, 0.2) is 0 Å². The summed E-state index contributed by atoms with van der Waals surface area (Å²) in [6.45, 7) is 12.3. The number of carbonyl (C=O) groups is 1. The van der Waals surface area contributed by atoms with E-state index in [2.05, 4.69) is 99.8 Å². The number of fused-ring (bicyclic) bond motifs is 1. The molecule has 1 saturated heterocycles. The molecule has 4 aromatic rings. The Kier molecular flexibility index (Phi) is 5.55. The minimum Gasteiger partial charge on any atom is -0.323 e. The van der Waals surface area contributed by atoms with Crippen molar-refractivity contribution < 1.29 is 4.79 Å². The van der Waals surface area contributed by atoms with Gasteiger partial charge in [-0.3, -0.25) is 4.79 Å². The van der Waals surface area contributed by atoms with Crippen LogP contribution in [0.5, 0.6) is 0 Å². The molecule has 5 rings (SSSR count). The number of para-hydroxylation sites is 3. The number of hydrogen-bond acceptors (Lipinski definition) is 2. The van der Waals surface area contributed by atoms with E-state index in [1.54, 1.807) is 0 Å². The predicted molar refractivity (Wildman–Crippen MR) is 140 cm³/mol. The predicted octanol–water partition coefficient (Wildman–Crippen LogP) is 6.52. The molecule has 0 saturated carbocycles. The van der Waals surface area contributed by atoms with Crippen LogP contribution in [0.1, 0.15) is 61.2 Å². The van der Waals surface area contributed by atoms with Gasteiger partial charge in [-0.15, -0.1) is 0 Å². The van der Waals surface area contributed by atoms with Crippen LogP contribution in [-0.2, 0) is 16.8 Å². The number of hydrogen-bond donors (Lipinski definition) is 0. The zero-order chi connectivity index (χ0) is 24.0. The first-order valence-corrected chi connectivity index (χ1v) is 12.1. The average Bonchev–Trinajstić information content (AvgIpc) is 3.34. The van der Waals surface area contributed by atoms with Crippen molar-refractivity contribution in [1.29, 1.82) is 0 Å². The first kappa shape index (κ1) is 22.4. The van der Waals surface area contributed by atoms with E-state index >= 15 is 0 Å². The highest BCUT2D eigenvalue weighted by molar-refractivity contribution is 5.98. The molecule has 1 unspecified atom stereocenters. The molecule has 174 valence electrons. The van der Waals surface area contributed by atoms with E-state index in [0.29, 0.717) is 13.0 Å². The molecule has 1 aliphatic heterocycles. The van der Waals surface area contributed by atoms with Crippen LogP contribution >= 0.6 is 0 Å². The van der Waals surface area contributed by atoms with Crippen molar-refractivity contribution in [2.75, 3.05) is 11.4 Å². The standard InChI is InChI=1S/C30H33N3O/c1-20-9-8-10-21(2)28(20)33-19-23(17-27(33)34)29-31-25-11-6-7-12-26(25)32(29)18-22-13-15-24(16-14-22)30(3,4)5/h6-16,23H,17-19H2,1-5H3. The van der Waals surface area contributed by atoms with Crippen molar-refractivity contribution in [3.05, 3.63) is 94.8 Å². The van der Waals surface area contributed by atoms with E-state index in [1.807, 2.05) is 11.0 Å². The molecule has 4 nitrogen and oxygen atoms in total. The van der Waals surface area contributed by atoms with Gasteiger partial charge < -0.3 is 9.47 Å². The second-order valence-electron chi connectivity index (χ2n) is 10.6. The maximum atomic E-state index is 13.2. The Morgan fingerprint density at radius 2 is 1.59 bits per heavy atom. The molecular formula is C30H33N3O. The molecule has 1 aliphatic rings. The molecule has 0 aliphatic carbocycles. The average molecular weight is 452 g/mol. The zero-order valence-corrected chi connectivity index (χ0v) is 20.8. The fraction of sp³-hybridized carbons (Fsp3) is 0.333. The lowest BCUT2D eigenvalue weighted by Gasteiger charge is -2.22. The van der Waals surface area contributed by atoms with Crippen molar-refractivity contribution >= 4 is 22.6 Å². The van der Waals surface area contributed by atoms with Crippen molar-refractivity contribution in [1.82, 2.24) is 9.55 Å². The van der Waals surface area contributed by atoms with E-state index in [-0.39, 0.29) is 17.2 Å². The normalized spacial score (nSPS) is 16.6. The van der Waals surface area contributed by atoms with Crippen LogP contribution < -0.4 is 4.90 Å². The van der Waals surface area contributed by atoms with Crippen molar-refractivity contribution in [3.8, 4) is 0 Å². The summed E-state index contributed by atoms with van der Waals surface area (Å²) < 4.78 is 2.31. The Balaban J connectivity index is 1.51. The molecule has 1 atom stereocenters. The summed E-state index contributed by atoms with van der Waals surface area (Å²) in [5.74, 6) is 1.24. The summed E-state index contributed by atoms with van der Waals surface area (Å²) >= 11 is 0. The van der Waals surface area contributed by atoms with E-state index < -0.39 is 0 Å². The van der Waals surface area contributed by atoms with Gasteiger partial charge in [0.05, 0.1) is 11.0 Å². The molecular weight excluding hydrogens is 418 g/mol. The molecule has 1 amide bonds. The summed E-state index contributed by atoms with van der Waals surface area (Å²) in [6, 6.07) is 23.4. The maximum absolute atomic E-state index is 13.2. The quantitative estimate of drug-likeness (QED) is 0.354. The number of imidazole rings is 1. The van der Waals surface area contributed by atoms with Crippen LogP contribution in [0.4, 0.5) is 5.69 Å². The van der Waals surface area contributed by atoms with Crippen LogP contribution in [0, 0.1) is 13.8 Å². The molecule has 1 fully saturated rings. The SMILES string of the molecule is Cc1cccc(C)c1N1CC(c2nc3ccccc3n2Cc2ccc(C(C)(C)C)cc2)CC1=O. The van der Waals surface area contributed by atoms with E-state index in [4.69, 9.17) is 4.98 Å². The second-order valence-corrected chi connectivity index (χ2v) is 10.6. The number of carbonyl (C=O) groups excluding carboxylic acids is 1. The number of aryl methyl sites for hydroxylation is 2. The third-order valence-electron chi connectivity index (χ3n) is 7.04. The number of anilines is 1. The van der Waals surface area contributed by atoms with E-state index in [0.717, 1.165) is 40.2 Å². The lowest BCUT2D eigenvalue weighted by atomic mass is 9.87. The van der Waals surface area contributed by atoms with Crippen LogP contribution in [0.25, 0.3) is 11.0 Å². The first-order valence-electron chi connectivity index (χ1n) is 12.1. The van der Waals surface area contributed by atoms with Crippen LogP contribution in [0.2, 0.25) is 0 Å². The Morgan fingerprint density at radius 3 is 2.26 bits per heavy atom. The molecule has 34 heavy (non-hydrogen) atoms. The van der Waals surface area contributed by atoms with Crippen LogP contribution in [0.15, 0.2) is 66.7 Å². The summed E-state index contributed by atoms with van der Waals surface area (Å²) in [6.07, 6.45) is 0.486. The van der Waals surface area contributed by atoms with E-state index in [1.165, 1.54) is 11.1 Å². The summed E-state index contributed by atoms with van der Waals surface area (Å²) in [5, 5.41) is 0. The Hall–Kier alpha value is -3.40. The lowest BCUT2D eigenvalue weighted by molar-refractivity contribution is -0.117. The van der Waals surface area contributed by atoms with Gasteiger partial charge in [-0.2, -0.15) is 0 Å². The van der Waals surface area contributed by atoms with Gasteiger partial charge in [0.1, 0.15) is 5.82 Å². The Bertz CT molecular complexity index is 1340. The molecule has 0 N–H and O–H groups in total. The van der Waals surface area contributed by atoms with Gasteiger partial charge in [-0.1, -0.05) is 75.4 Å². The van der Waals surface area contributed by atoms with E-state index in [9.17, 15) is 4.79 Å². The van der Waals surface area contributed by atoms with Gasteiger partial charge in [-0.05, 0) is 53.6 Å². The second kappa shape index (κ2) is 8.43. The van der Waals surface area contributed by atoms with Crippen molar-refractivity contribution in [2.45, 2.75) is 58.9 Å². The number of benzene rings is 3. The summed E-state index contributed by atoms with van der Waals surface area (Å²) in [7, 11) is 0. The number of aromatic nitrogens is 2. The number of amides is 1. The lowest BCUT2D eigenvalue weighted by Crippen LogP contribution is -2.26. The fourth-order valence-electron chi connectivity index (χ4n) is 5.19. The van der Waals surface area contributed by atoms with Crippen LogP contribution in [-0.4, -0.2) is 22.0 Å². The minimum atomic E-state index is 0.0627. The third kappa shape index (κ3) is 4.02. The summed E-state index contributed by atoms with van der Waals surface area (Å²) in [5.41, 5.74) is 8.15. The maximum Gasteiger partial charge on any atom is 0.227 e. The molecule has 3 aromatic carbocycles. The molecule has 4 heteroatoms. The van der Waals surface area contributed by atoms with Gasteiger partial charge in [0, 0.05) is 31.1 Å². The van der Waals surface area contributed by atoms with Gasteiger partial charge in [-0.25, -0.2) is 4.98 Å². The Labute approximate surface area is 202 Å². The Morgan fingerprint density at radius 1 is 0.912 bits per heavy atom. The molecule has 1 aromatic heterocycles. The summed E-state index contributed by atoms with van der Waals surface area (Å²) in [4.78, 5) is 20.2. The van der Waals surface area contributed by atoms with Gasteiger partial charge in [0.25, 0.3) is 0 Å². The zero-order valence-electron chi connectivity index (χ0n) is 20.8. The van der Waals surface area contributed by atoms with Gasteiger partial charge >= 0.3 is 0 Å². The number of nitrogens with zero attached hydrogens (tertiary/aromatic N) is 3. The molecule has 0 spiro atoms. The third-order valence-corrected chi connectivity index (χ3v) is 7.04. The molecule has 0 bridgehead atoms. The minimum absolute atomic E-state index is 0.0627. The number of rotatable bonds is 4. The van der Waals surface area contributed by atoms with Crippen molar-refractivity contribution in [2.24, 2.45) is 0 Å². The highest BCUT2D eigenvalue weighted by atomic mass is 16.2. The molecule has 2 heterocycles. The van der Waals surface area contributed by atoms with Crippen LogP contribution in [0.3, 0.4) is 0 Å². The smallest absolute Gasteiger partial charge is 0.227 e. The highest BCUT2D eigenvalue weighted by Gasteiger charge is 2.36.